The molecule has 6 nitrogen and oxygen atoms in total. The Bertz CT molecular complexity index is 571. The van der Waals surface area contributed by atoms with E-state index in [1.807, 2.05) is 12.1 Å². The van der Waals surface area contributed by atoms with Gasteiger partial charge in [0.2, 0.25) is 0 Å². The molecule has 0 aliphatic heterocycles. The second kappa shape index (κ2) is 6.51. The molecule has 0 atom stereocenters. The molecule has 0 saturated carbocycles. The molecule has 2 N–H and O–H groups in total. The van der Waals surface area contributed by atoms with Gasteiger partial charge in [0.1, 0.15) is 5.82 Å². The number of carboxylic acid groups (broad SMARTS) is 1. The third kappa shape index (κ3) is 3.36. The summed E-state index contributed by atoms with van der Waals surface area (Å²) in [6.07, 6.45) is 0.692. The number of benzene rings is 1. The van der Waals surface area contributed by atoms with Crippen molar-refractivity contribution in [1.29, 1.82) is 0 Å². The second-order valence-electron chi connectivity index (χ2n) is 4.10. The summed E-state index contributed by atoms with van der Waals surface area (Å²) >= 11 is 1.37. The number of ether oxygens (including phenoxy) is 2. The van der Waals surface area contributed by atoms with Gasteiger partial charge in [-0.15, -0.1) is 11.8 Å². The Balaban J connectivity index is 2.10. The first-order chi connectivity index (χ1) is 9.63. The number of nitrogens with one attached hydrogen (secondary N) is 1. The van der Waals surface area contributed by atoms with Crippen LogP contribution in [-0.4, -0.2) is 46.8 Å². The van der Waals surface area contributed by atoms with Crippen LogP contribution in [0.5, 0.6) is 11.5 Å². The van der Waals surface area contributed by atoms with Gasteiger partial charge in [-0.1, -0.05) is 0 Å². The lowest BCUT2D eigenvalue weighted by molar-refractivity contribution is -0.133. The predicted octanol–water partition coefficient (Wildman–Crippen LogP) is 1.94. The molecular weight excluding hydrogens is 280 g/mol. The zero-order valence-corrected chi connectivity index (χ0v) is 12.1. The van der Waals surface area contributed by atoms with Crippen LogP contribution in [0.4, 0.5) is 0 Å². The monoisotopic (exact) mass is 296 g/mol. The van der Waals surface area contributed by atoms with E-state index in [9.17, 15) is 4.79 Å². The molecule has 108 valence electrons. The van der Waals surface area contributed by atoms with Gasteiger partial charge in [0, 0.05) is 24.3 Å². The number of methoxy groups -OCH3 is 2. The maximum atomic E-state index is 10.4. The van der Waals surface area contributed by atoms with Crippen LogP contribution >= 0.6 is 11.8 Å². The van der Waals surface area contributed by atoms with Crippen LogP contribution in [0.15, 0.2) is 12.1 Å². The van der Waals surface area contributed by atoms with Gasteiger partial charge in [-0.05, 0) is 0 Å². The van der Waals surface area contributed by atoms with Gasteiger partial charge < -0.3 is 19.6 Å². The molecule has 0 unspecified atom stereocenters. The minimum absolute atomic E-state index is 0.113. The van der Waals surface area contributed by atoms with Gasteiger partial charge in [0.15, 0.2) is 11.5 Å². The van der Waals surface area contributed by atoms with E-state index in [4.69, 9.17) is 14.6 Å². The highest BCUT2D eigenvalue weighted by Gasteiger charge is 2.10. The highest BCUT2D eigenvalue weighted by atomic mass is 32.2. The van der Waals surface area contributed by atoms with E-state index in [-0.39, 0.29) is 5.75 Å². The number of aryl methyl sites for hydroxylation is 1. The van der Waals surface area contributed by atoms with Crippen LogP contribution in [0.1, 0.15) is 5.82 Å². The number of carbonyl (C=O) groups is 1. The summed E-state index contributed by atoms with van der Waals surface area (Å²) in [4.78, 5) is 18.1. The maximum Gasteiger partial charge on any atom is 0.313 e. The third-order valence-corrected chi connectivity index (χ3v) is 3.69. The van der Waals surface area contributed by atoms with Gasteiger partial charge in [0.25, 0.3) is 0 Å². The average Bonchev–Trinajstić information content (AvgIpc) is 2.83. The highest BCUT2D eigenvalue weighted by Crippen LogP contribution is 2.31. The number of H-pyrrole nitrogens is 1. The normalized spacial score (nSPS) is 10.7. The van der Waals surface area contributed by atoms with Crippen molar-refractivity contribution in [3.8, 4) is 11.5 Å². The number of rotatable bonds is 7. The van der Waals surface area contributed by atoms with Crippen molar-refractivity contribution in [3.05, 3.63) is 18.0 Å². The molecule has 0 fully saturated rings. The first kappa shape index (κ1) is 14.5. The number of aromatic amines is 1. The largest absolute Gasteiger partial charge is 0.493 e. The molecule has 1 heterocycles. The van der Waals surface area contributed by atoms with Crippen LogP contribution < -0.4 is 9.47 Å². The summed E-state index contributed by atoms with van der Waals surface area (Å²) in [5, 5.41) is 8.57. The summed E-state index contributed by atoms with van der Waals surface area (Å²) in [6.45, 7) is 0. The Labute approximate surface area is 120 Å². The van der Waals surface area contributed by atoms with Crippen molar-refractivity contribution in [1.82, 2.24) is 9.97 Å². The summed E-state index contributed by atoms with van der Waals surface area (Å²) < 4.78 is 10.5. The standard InChI is InChI=1S/C13H16N2O4S/c1-18-10-5-8-9(6-11(10)19-2)15-12(14-8)3-4-20-7-13(16)17/h5-6H,3-4,7H2,1-2H3,(H,14,15)(H,16,17). The van der Waals surface area contributed by atoms with E-state index in [0.717, 1.165) is 16.9 Å². The molecule has 0 amide bonds. The first-order valence-electron chi connectivity index (χ1n) is 6.04. The van der Waals surface area contributed by atoms with Gasteiger partial charge >= 0.3 is 5.97 Å². The molecule has 1 aromatic heterocycles. The number of hydrogen-bond donors (Lipinski definition) is 2. The quantitative estimate of drug-likeness (QED) is 0.760. The lowest BCUT2D eigenvalue weighted by Gasteiger charge is -2.06. The SMILES string of the molecule is COc1cc2nc(CCSCC(=O)O)[nH]c2cc1OC. The van der Waals surface area contributed by atoms with Crippen LogP contribution in [0.3, 0.4) is 0 Å². The predicted molar refractivity (Wildman–Crippen MR) is 77.9 cm³/mol. The fourth-order valence-corrected chi connectivity index (χ4v) is 2.49. The fourth-order valence-electron chi connectivity index (χ4n) is 1.84. The molecule has 0 saturated heterocycles. The van der Waals surface area contributed by atoms with Crippen LogP contribution in [0.2, 0.25) is 0 Å². The van der Waals surface area contributed by atoms with Gasteiger partial charge in [-0.3, -0.25) is 4.79 Å². The van der Waals surface area contributed by atoms with E-state index >= 15 is 0 Å². The smallest absolute Gasteiger partial charge is 0.313 e. The number of thioether (sulfide) groups is 1. The van der Waals surface area contributed by atoms with Crippen molar-refractivity contribution < 1.29 is 19.4 Å². The van der Waals surface area contributed by atoms with E-state index in [2.05, 4.69) is 9.97 Å². The van der Waals surface area contributed by atoms with Gasteiger partial charge in [0.05, 0.1) is 31.0 Å². The summed E-state index contributed by atoms with van der Waals surface area (Å²) in [5.74, 6) is 2.14. The Morgan fingerprint density at radius 2 is 2.05 bits per heavy atom. The number of hydrogen-bond acceptors (Lipinski definition) is 5. The molecule has 0 aliphatic carbocycles. The van der Waals surface area contributed by atoms with E-state index in [0.29, 0.717) is 23.7 Å². The van der Waals surface area contributed by atoms with E-state index in [1.165, 1.54) is 11.8 Å². The number of nitrogens with zero attached hydrogens (tertiary/aromatic N) is 1. The minimum atomic E-state index is -0.797. The van der Waals surface area contributed by atoms with Gasteiger partial charge in [-0.2, -0.15) is 0 Å². The molecule has 20 heavy (non-hydrogen) atoms. The van der Waals surface area contributed by atoms with Crippen LogP contribution in [0.25, 0.3) is 11.0 Å². The van der Waals surface area contributed by atoms with Crippen molar-refractivity contribution in [3.63, 3.8) is 0 Å². The van der Waals surface area contributed by atoms with Crippen molar-refractivity contribution in [2.45, 2.75) is 6.42 Å². The van der Waals surface area contributed by atoms with Crippen molar-refractivity contribution >= 4 is 28.8 Å². The Morgan fingerprint density at radius 3 is 2.70 bits per heavy atom. The van der Waals surface area contributed by atoms with E-state index in [1.54, 1.807) is 14.2 Å². The molecule has 7 heteroatoms. The van der Waals surface area contributed by atoms with Gasteiger partial charge in [-0.25, -0.2) is 4.98 Å². The third-order valence-electron chi connectivity index (χ3n) is 2.74. The molecule has 0 radical (unpaired) electrons. The molecule has 0 spiro atoms. The molecule has 2 aromatic rings. The lowest BCUT2D eigenvalue weighted by atomic mass is 10.3. The lowest BCUT2D eigenvalue weighted by Crippen LogP contribution is -2.00. The molecule has 1 aromatic carbocycles. The summed E-state index contributed by atoms with van der Waals surface area (Å²) in [7, 11) is 3.17. The molecule has 0 aliphatic rings. The number of carboxylic acids is 1. The summed E-state index contributed by atoms with van der Waals surface area (Å²) in [5.41, 5.74) is 1.68. The Kier molecular flexibility index (Phi) is 4.73. The fraction of sp³-hybridized carbons (Fsp3) is 0.385. The number of aliphatic carboxylic acids is 1. The Morgan fingerprint density at radius 1 is 1.35 bits per heavy atom. The Hall–Kier alpha value is -1.89. The van der Waals surface area contributed by atoms with Crippen molar-refractivity contribution in [2.75, 3.05) is 25.7 Å². The maximum absolute atomic E-state index is 10.4. The zero-order chi connectivity index (χ0) is 14.5. The molecule has 0 bridgehead atoms. The summed E-state index contributed by atoms with van der Waals surface area (Å²) in [6, 6.07) is 3.66. The minimum Gasteiger partial charge on any atom is -0.493 e. The molecule has 2 rings (SSSR count). The van der Waals surface area contributed by atoms with Crippen LogP contribution in [-0.2, 0) is 11.2 Å². The molecular formula is C13H16N2O4S. The second-order valence-corrected chi connectivity index (χ2v) is 5.21. The number of imidazole rings is 1. The first-order valence-corrected chi connectivity index (χ1v) is 7.19. The number of fused-ring (bicyclic) bond motifs is 1. The van der Waals surface area contributed by atoms with Crippen molar-refractivity contribution in [2.24, 2.45) is 0 Å². The highest BCUT2D eigenvalue weighted by molar-refractivity contribution is 7.99. The number of aromatic nitrogens is 2. The van der Waals surface area contributed by atoms with E-state index < -0.39 is 5.97 Å². The van der Waals surface area contributed by atoms with Crippen LogP contribution in [0, 0.1) is 0 Å². The average molecular weight is 296 g/mol. The zero-order valence-electron chi connectivity index (χ0n) is 11.3. The topological polar surface area (TPSA) is 84.4 Å².